The molecule has 6 heteroatoms. The lowest BCUT2D eigenvalue weighted by molar-refractivity contribution is 0.0955. The number of nitrogens with one attached hydrogen (secondary N) is 2. The van der Waals surface area contributed by atoms with Crippen LogP contribution in [0, 0.1) is 0 Å². The van der Waals surface area contributed by atoms with Crippen LogP contribution in [-0.2, 0) is 0 Å². The first-order chi connectivity index (χ1) is 12.1. The Kier molecular flexibility index (Phi) is 5.94. The highest BCUT2D eigenvalue weighted by Crippen LogP contribution is 2.25. The normalized spacial score (nSPS) is 11.0. The molecule has 1 heterocycles. The minimum Gasteiger partial charge on any atom is -0.360 e. The summed E-state index contributed by atoms with van der Waals surface area (Å²) in [6.07, 6.45) is 0. The standard InChI is InChI=1S/C19H21N3OS2/c1-13(2)24-15-9-7-14(8-10-15)18(23)20-11-12-21-19-22-16-5-3-4-6-17(16)25-19/h3-10,13H,11-12H2,1-2H3,(H,20,23)(H,21,22). The van der Waals surface area contributed by atoms with Crippen LogP contribution in [0.1, 0.15) is 24.2 Å². The molecule has 4 nitrogen and oxygen atoms in total. The van der Waals surface area contributed by atoms with Crippen LogP contribution in [0.15, 0.2) is 53.4 Å². The fourth-order valence-electron chi connectivity index (χ4n) is 2.35. The fraction of sp³-hybridized carbons (Fsp3) is 0.263. The smallest absolute Gasteiger partial charge is 0.251 e. The summed E-state index contributed by atoms with van der Waals surface area (Å²) < 4.78 is 1.16. The van der Waals surface area contributed by atoms with Gasteiger partial charge in [0.25, 0.3) is 5.91 Å². The van der Waals surface area contributed by atoms with Crippen molar-refractivity contribution < 1.29 is 4.79 Å². The van der Waals surface area contributed by atoms with Crippen molar-refractivity contribution in [1.82, 2.24) is 10.3 Å². The summed E-state index contributed by atoms with van der Waals surface area (Å²) >= 11 is 3.41. The van der Waals surface area contributed by atoms with Crippen molar-refractivity contribution in [2.24, 2.45) is 0 Å². The fourth-order valence-corrected chi connectivity index (χ4v) is 4.08. The topological polar surface area (TPSA) is 54.0 Å². The van der Waals surface area contributed by atoms with Gasteiger partial charge in [0.1, 0.15) is 0 Å². The zero-order chi connectivity index (χ0) is 17.6. The molecular weight excluding hydrogens is 350 g/mol. The second-order valence-electron chi connectivity index (χ2n) is 5.86. The third-order valence-corrected chi connectivity index (χ3v) is 5.48. The Morgan fingerprint density at radius 2 is 1.88 bits per heavy atom. The summed E-state index contributed by atoms with van der Waals surface area (Å²) in [6.45, 7) is 5.51. The van der Waals surface area contributed by atoms with E-state index < -0.39 is 0 Å². The number of hydrogen-bond donors (Lipinski definition) is 2. The maximum atomic E-state index is 12.2. The molecule has 0 aliphatic heterocycles. The van der Waals surface area contributed by atoms with Crippen LogP contribution in [0.25, 0.3) is 10.2 Å². The molecule has 0 radical (unpaired) electrons. The average Bonchev–Trinajstić information content (AvgIpc) is 3.01. The van der Waals surface area contributed by atoms with Crippen LogP contribution in [0.4, 0.5) is 5.13 Å². The summed E-state index contributed by atoms with van der Waals surface area (Å²) in [5.74, 6) is -0.0489. The molecule has 3 rings (SSSR count). The van der Waals surface area contributed by atoms with Crippen molar-refractivity contribution in [2.45, 2.75) is 24.0 Å². The SMILES string of the molecule is CC(C)Sc1ccc(C(=O)NCCNc2nc3ccccc3s2)cc1. The number of amides is 1. The lowest BCUT2D eigenvalue weighted by atomic mass is 10.2. The minimum atomic E-state index is -0.0489. The molecule has 0 fully saturated rings. The van der Waals surface area contributed by atoms with Crippen LogP contribution < -0.4 is 10.6 Å². The molecule has 2 N–H and O–H groups in total. The summed E-state index contributed by atoms with van der Waals surface area (Å²) in [6, 6.07) is 15.8. The molecule has 2 aromatic carbocycles. The maximum absolute atomic E-state index is 12.2. The molecule has 3 aromatic rings. The molecule has 0 bridgehead atoms. The van der Waals surface area contributed by atoms with E-state index in [1.165, 1.54) is 4.90 Å². The van der Waals surface area contributed by atoms with Crippen LogP contribution >= 0.6 is 23.1 Å². The summed E-state index contributed by atoms with van der Waals surface area (Å²) in [7, 11) is 0. The van der Waals surface area contributed by atoms with E-state index in [1.807, 2.05) is 42.5 Å². The Hall–Kier alpha value is -2.05. The quantitative estimate of drug-likeness (QED) is 0.469. The molecule has 130 valence electrons. The van der Waals surface area contributed by atoms with Gasteiger partial charge in [0.2, 0.25) is 0 Å². The molecule has 1 aromatic heterocycles. The van der Waals surface area contributed by atoms with E-state index in [1.54, 1.807) is 23.1 Å². The summed E-state index contributed by atoms with van der Waals surface area (Å²) in [5, 5.41) is 7.61. The summed E-state index contributed by atoms with van der Waals surface area (Å²) in [5.41, 5.74) is 1.69. The number of nitrogens with zero attached hydrogens (tertiary/aromatic N) is 1. The molecule has 0 spiro atoms. The Morgan fingerprint density at radius 3 is 2.60 bits per heavy atom. The van der Waals surface area contributed by atoms with Gasteiger partial charge >= 0.3 is 0 Å². The van der Waals surface area contributed by atoms with Crippen molar-refractivity contribution in [1.29, 1.82) is 0 Å². The second-order valence-corrected chi connectivity index (χ2v) is 8.54. The number of rotatable bonds is 7. The maximum Gasteiger partial charge on any atom is 0.251 e. The van der Waals surface area contributed by atoms with Gasteiger partial charge in [-0.1, -0.05) is 37.3 Å². The van der Waals surface area contributed by atoms with Gasteiger partial charge in [0.15, 0.2) is 5.13 Å². The molecule has 0 saturated heterocycles. The van der Waals surface area contributed by atoms with Crippen molar-refractivity contribution >= 4 is 44.4 Å². The van der Waals surface area contributed by atoms with Gasteiger partial charge in [-0.2, -0.15) is 0 Å². The van der Waals surface area contributed by atoms with Crippen LogP contribution in [0.3, 0.4) is 0 Å². The van der Waals surface area contributed by atoms with Gasteiger partial charge in [-0.05, 0) is 36.4 Å². The predicted molar refractivity (Wildman–Crippen MR) is 108 cm³/mol. The number of hydrogen-bond acceptors (Lipinski definition) is 5. The molecule has 0 saturated carbocycles. The minimum absolute atomic E-state index is 0.0489. The highest BCUT2D eigenvalue weighted by Gasteiger charge is 2.06. The van der Waals surface area contributed by atoms with E-state index >= 15 is 0 Å². The van der Waals surface area contributed by atoms with Crippen molar-refractivity contribution in [3.8, 4) is 0 Å². The van der Waals surface area contributed by atoms with Crippen LogP contribution in [0.2, 0.25) is 0 Å². The monoisotopic (exact) mass is 371 g/mol. The first kappa shape index (κ1) is 17.8. The zero-order valence-corrected chi connectivity index (χ0v) is 15.9. The second kappa shape index (κ2) is 8.36. The zero-order valence-electron chi connectivity index (χ0n) is 14.3. The number of carbonyl (C=O) groups excluding carboxylic acids is 1. The van der Waals surface area contributed by atoms with E-state index in [9.17, 15) is 4.79 Å². The van der Waals surface area contributed by atoms with Gasteiger partial charge in [-0.25, -0.2) is 4.98 Å². The van der Waals surface area contributed by atoms with Crippen LogP contribution in [-0.4, -0.2) is 29.2 Å². The average molecular weight is 372 g/mol. The van der Waals surface area contributed by atoms with Crippen molar-refractivity contribution in [3.63, 3.8) is 0 Å². The molecular formula is C19H21N3OS2. The van der Waals surface area contributed by atoms with E-state index in [4.69, 9.17) is 0 Å². The molecule has 25 heavy (non-hydrogen) atoms. The summed E-state index contributed by atoms with van der Waals surface area (Å²) in [4.78, 5) is 17.9. The Balaban J connectivity index is 1.45. The van der Waals surface area contributed by atoms with Gasteiger partial charge in [0.05, 0.1) is 10.2 Å². The number of carbonyl (C=O) groups is 1. The number of benzene rings is 2. The van der Waals surface area contributed by atoms with Gasteiger partial charge < -0.3 is 10.6 Å². The molecule has 0 unspecified atom stereocenters. The molecule has 0 atom stereocenters. The number of fused-ring (bicyclic) bond motifs is 1. The van der Waals surface area contributed by atoms with Crippen molar-refractivity contribution in [3.05, 3.63) is 54.1 Å². The predicted octanol–water partition coefficient (Wildman–Crippen LogP) is 4.64. The van der Waals surface area contributed by atoms with Gasteiger partial charge in [-0.3, -0.25) is 4.79 Å². The highest BCUT2D eigenvalue weighted by atomic mass is 32.2. The van der Waals surface area contributed by atoms with E-state index in [-0.39, 0.29) is 5.91 Å². The van der Waals surface area contributed by atoms with Gasteiger partial charge in [-0.15, -0.1) is 11.8 Å². The Bertz CT molecular complexity index is 810. The number of thiazole rings is 1. The number of aromatic nitrogens is 1. The number of thioether (sulfide) groups is 1. The highest BCUT2D eigenvalue weighted by molar-refractivity contribution is 7.99. The first-order valence-electron chi connectivity index (χ1n) is 8.26. The largest absolute Gasteiger partial charge is 0.360 e. The van der Waals surface area contributed by atoms with Crippen molar-refractivity contribution in [2.75, 3.05) is 18.4 Å². The lowest BCUT2D eigenvalue weighted by Crippen LogP contribution is -2.28. The van der Waals surface area contributed by atoms with E-state index in [2.05, 4.69) is 35.5 Å². The van der Waals surface area contributed by atoms with Crippen LogP contribution in [0.5, 0.6) is 0 Å². The van der Waals surface area contributed by atoms with Gasteiger partial charge in [0, 0.05) is 28.8 Å². The molecule has 0 aliphatic rings. The number of para-hydroxylation sites is 1. The Labute approximate surface area is 156 Å². The third kappa shape index (κ3) is 4.96. The third-order valence-electron chi connectivity index (χ3n) is 3.47. The molecule has 0 aliphatic carbocycles. The number of anilines is 1. The Morgan fingerprint density at radius 1 is 1.12 bits per heavy atom. The first-order valence-corrected chi connectivity index (χ1v) is 9.96. The lowest BCUT2D eigenvalue weighted by Gasteiger charge is -2.08. The van der Waals surface area contributed by atoms with E-state index in [0.29, 0.717) is 23.9 Å². The van der Waals surface area contributed by atoms with E-state index in [0.717, 1.165) is 15.3 Å². The molecule has 1 amide bonds.